The first-order valence-corrected chi connectivity index (χ1v) is 8.73. The molecule has 6 rings (SSSR count). The van der Waals surface area contributed by atoms with Crippen LogP contribution in [0.2, 0.25) is 0 Å². The van der Waals surface area contributed by atoms with Crippen molar-refractivity contribution in [1.82, 2.24) is 0 Å². The number of benzene rings is 2. The van der Waals surface area contributed by atoms with Gasteiger partial charge in [-0.25, -0.2) is 0 Å². The predicted molar refractivity (Wildman–Crippen MR) is 94.0 cm³/mol. The van der Waals surface area contributed by atoms with Crippen LogP contribution in [0.1, 0.15) is 41.0 Å². The van der Waals surface area contributed by atoms with Crippen LogP contribution >= 0.6 is 0 Å². The molecule has 0 unspecified atom stereocenters. The van der Waals surface area contributed by atoms with E-state index in [2.05, 4.69) is 6.07 Å². The SMILES string of the molecule is CC(=O)Oc1ccc2c(c1)[C@H]1c3ccccc3[C@H]2[C@@H]2C(=O)C=CC(=O)[C@@H]12. The number of hydrogen-bond donors (Lipinski definition) is 0. The van der Waals surface area contributed by atoms with E-state index in [4.69, 9.17) is 4.74 Å². The quantitative estimate of drug-likeness (QED) is 0.589. The van der Waals surface area contributed by atoms with E-state index in [1.807, 2.05) is 30.3 Å². The lowest BCUT2D eigenvalue weighted by Crippen LogP contribution is -2.47. The second-order valence-corrected chi connectivity index (χ2v) is 7.16. The van der Waals surface area contributed by atoms with Gasteiger partial charge in [0.2, 0.25) is 0 Å². The van der Waals surface area contributed by atoms with Crippen LogP contribution in [0.15, 0.2) is 54.6 Å². The molecule has 0 radical (unpaired) electrons. The Morgan fingerprint density at radius 1 is 0.808 bits per heavy atom. The summed E-state index contributed by atoms with van der Waals surface area (Å²) in [5, 5.41) is 0. The fourth-order valence-corrected chi connectivity index (χ4v) is 5.00. The van der Waals surface area contributed by atoms with Gasteiger partial charge in [-0.15, -0.1) is 0 Å². The third-order valence-corrected chi connectivity index (χ3v) is 5.83. The molecule has 4 atom stereocenters. The maximum atomic E-state index is 12.7. The Kier molecular flexibility index (Phi) is 3.08. The summed E-state index contributed by atoms with van der Waals surface area (Å²) in [5.74, 6) is -0.931. The van der Waals surface area contributed by atoms with Gasteiger partial charge in [0.05, 0.1) is 0 Å². The first-order chi connectivity index (χ1) is 12.6. The monoisotopic (exact) mass is 344 g/mol. The summed E-state index contributed by atoms with van der Waals surface area (Å²) in [4.78, 5) is 36.7. The molecule has 4 aliphatic rings. The van der Waals surface area contributed by atoms with Gasteiger partial charge in [0.1, 0.15) is 5.75 Å². The minimum absolute atomic E-state index is 0.00245. The van der Waals surface area contributed by atoms with Crippen molar-refractivity contribution in [2.45, 2.75) is 18.8 Å². The Morgan fingerprint density at radius 3 is 1.92 bits per heavy atom. The van der Waals surface area contributed by atoms with Crippen LogP contribution in [0.3, 0.4) is 0 Å². The molecule has 0 amide bonds. The summed E-state index contributed by atoms with van der Waals surface area (Å²) in [6.07, 6.45) is 2.85. The molecule has 4 nitrogen and oxygen atoms in total. The molecule has 2 aromatic rings. The van der Waals surface area contributed by atoms with Crippen LogP contribution in [0.4, 0.5) is 0 Å². The van der Waals surface area contributed by atoms with E-state index in [9.17, 15) is 14.4 Å². The fourth-order valence-electron chi connectivity index (χ4n) is 5.00. The summed E-state index contributed by atoms with van der Waals surface area (Å²) in [5.41, 5.74) is 4.28. The molecule has 128 valence electrons. The molecule has 0 aliphatic heterocycles. The van der Waals surface area contributed by atoms with Crippen LogP contribution in [0.5, 0.6) is 5.75 Å². The van der Waals surface area contributed by atoms with E-state index < -0.39 is 0 Å². The highest BCUT2D eigenvalue weighted by molar-refractivity contribution is 6.09. The Morgan fingerprint density at radius 2 is 1.35 bits per heavy atom. The van der Waals surface area contributed by atoms with Crippen LogP contribution in [0.25, 0.3) is 0 Å². The number of ketones is 2. The van der Waals surface area contributed by atoms with Crippen molar-refractivity contribution in [3.05, 3.63) is 76.9 Å². The summed E-state index contributed by atoms with van der Waals surface area (Å²) in [6, 6.07) is 13.6. The minimum atomic E-state index is -0.382. The molecule has 0 N–H and O–H groups in total. The van der Waals surface area contributed by atoms with Crippen molar-refractivity contribution in [3.63, 3.8) is 0 Å². The van der Waals surface area contributed by atoms with Crippen LogP contribution < -0.4 is 4.74 Å². The first-order valence-electron chi connectivity index (χ1n) is 8.73. The molecule has 26 heavy (non-hydrogen) atoms. The lowest BCUT2D eigenvalue weighted by molar-refractivity contribution is -0.132. The molecule has 4 aliphatic carbocycles. The number of ether oxygens (including phenoxy) is 1. The van der Waals surface area contributed by atoms with Gasteiger partial charge in [-0.05, 0) is 46.5 Å². The molecule has 0 fully saturated rings. The predicted octanol–water partition coefficient (Wildman–Crippen LogP) is 3.14. The average Bonchev–Trinajstić information content (AvgIpc) is 2.63. The smallest absolute Gasteiger partial charge is 0.308 e. The van der Waals surface area contributed by atoms with Crippen molar-refractivity contribution < 1.29 is 19.1 Å². The number of allylic oxidation sites excluding steroid dienone is 2. The Bertz CT molecular complexity index is 1020. The van der Waals surface area contributed by atoms with E-state index in [-0.39, 0.29) is 41.2 Å². The molecule has 0 spiro atoms. The third kappa shape index (κ3) is 1.93. The van der Waals surface area contributed by atoms with Gasteiger partial charge < -0.3 is 4.74 Å². The molecule has 2 aromatic carbocycles. The van der Waals surface area contributed by atoms with Crippen molar-refractivity contribution in [3.8, 4) is 5.75 Å². The summed E-state index contributed by atoms with van der Waals surface area (Å²) < 4.78 is 5.26. The maximum absolute atomic E-state index is 12.7. The van der Waals surface area contributed by atoms with Gasteiger partial charge in [-0.2, -0.15) is 0 Å². The topological polar surface area (TPSA) is 60.4 Å². The second kappa shape index (κ2) is 5.24. The van der Waals surface area contributed by atoms with Gasteiger partial charge in [0, 0.05) is 30.6 Å². The molecule has 0 saturated carbocycles. The molecule has 0 aromatic heterocycles. The second-order valence-electron chi connectivity index (χ2n) is 7.16. The van der Waals surface area contributed by atoms with Gasteiger partial charge in [-0.3, -0.25) is 14.4 Å². The zero-order chi connectivity index (χ0) is 18.0. The van der Waals surface area contributed by atoms with E-state index in [1.54, 1.807) is 6.07 Å². The van der Waals surface area contributed by atoms with E-state index in [0.29, 0.717) is 5.75 Å². The minimum Gasteiger partial charge on any atom is -0.427 e. The average molecular weight is 344 g/mol. The number of hydrogen-bond acceptors (Lipinski definition) is 4. The molecular formula is C22H16O4. The lowest BCUT2D eigenvalue weighted by atomic mass is 9.51. The Labute approximate surface area is 150 Å². The molecule has 4 heteroatoms. The zero-order valence-corrected chi connectivity index (χ0v) is 14.1. The van der Waals surface area contributed by atoms with Crippen molar-refractivity contribution in [2.24, 2.45) is 11.8 Å². The van der Waals surface area contributed by atoms with Crippen LogP contribution in [-0.4, -0.2) is 17.5 Å². The number of carbonyl (C=O) groups is 3. The number of carbonyl (C=O) groups excluding carboxylic acids is 3. The van der Waals surface area contributed by atoms with E-state index in [1.165, 1.54) is 19.1 Å². The Balaban J connectivity index is 1.77. The fraction of sp³-hybridized carbons (Fsp3) is 0.227. The Hall–Kier alpha value is -3.01. The molecule has 0 saturated heterocycles. The van der Waals surface area contributed by atoms with Gasteiger partial charge in [-0.1, -0.05) is 30.3 Å². The summed E-state index contributed by atoms with van der Waals surface area (Å²) in [6.45, 7) is 1.37. The van der Waals surface area contributed by atoms with Crippen molar-refractivity contribution in [2.75, 3.05) is 0 Å². The normalized spacial score (nSPS) is 27.6. The van der Waals surface area contributed by atoms with Gasteiger partial charge >= 0.3 is 5.97 Å². The number of rotatable bonds is 1. The van der Waals surface area contributed by atoms with E-state index >= 15 is 0 Å². The van der Waals surface area contributed by atoms with Crippen LogP contribution in [-0.2, 0) is 14.4 Å². The van der Waals surface area contributed by atoms with Crippen LogP contribution in [0, 0.1) is 11.8 Å². The third-order valence-electron chi connectivity index (χ3n) is 5.83. The zero-order valence-electron chi connectivity index (χ0n) is 14.1. The molecule has 2 bridgehead atoms. The largest absolute Gasteiger partial charge is 0.427 e. The lowest BCUT2D eigenvalue weighted by Gasteiger charge is -2.50. The standard InChI is InChI=1S/C22H16O4/c1-11(23)26-12-6-7-15-16(10-12)20-14-5-3-2-4-13(14)19(15)21-17(24)8-9-18(25)22(20)21/h2-10,19-22H,1H3/t19-,20-,21+,22+/m1/s1. The molecule has 0 heterocycles. The molecular weight excluding hydrogens is 328 g/mol. The summed E-state index contributed by atoms with van der Waals surface area (Å²) >= 11 is 0. The summed E-state index contributed by atoms with van der Waals surface area (Å²) in [7, 11) is 0. The number of esters is 1. The highest BCUT2D eigenvalue weighted by Crippen LogP contribution is 2.60. The highest BCUT2D eigenvalue weighted by atomic mass is 16.5. The highest BCUT2D eigenvalue weighted by Gasteiger charge is 2.55. The first kappa shape index (κ1) is 15.3. The maximum Gasteiger partial charge on any atom is 0.308 e. The van der Waals surface area contributed by atoms with E-state index in [0.717, 1.165) is 22.3 Å². The van der Waals surface area contributed by atoms with Crippen molar-refractivity contribution >= 4 is 17.5 Å². The van der Waals surface area contributed by atoms with Gasteiger partial charge in [0.15, 0.2) is 11.6 Å². The van der Waals surface area contributed by atoms with Gasteiger partial charge in [0.25, 0.3) is 0 Å². The van der Waals surface area contributed by atoms with Crippen molar-refractivity contribution in [1.29, 1.82) is 0 Å².